The summed E-state index contributed by atoms with van der Waals surface area (Å²) in [4.78, 5) is 17.9. The first-order valence-electron chi connectivity index (χ1n) is 10.6. The molecule has 1 aromatic carbocycles. The fraction of sp³-hybridized carbons (Fsp3) is 0.667. The van der Waals surface area contributed by atoms with Crippen molar-refractivity contribution in [2.24, 2.45) is 0 Å². The lowest BCUT2D eigenvalue weighted by atomic mass is 10.1. The van der Waals surface area contributed by atoms with E-state index in [4.69, 9.17) is 16.3 Å². The van der Waals surface area contributed by atoms with Crippen LogP contribution >= 0.6 is 11.6 Å². The number of piperazine rings is 1. The Morgan fingerprint density at radius 3 is 2.45 bits per heavy atom. The van der Waals surface area contributed by atoms with Gasteiger partial charge in [0.2, 0.25) is 0 Å². The number of morpholine rings is 1. The third kappa shape index (κ3) is 5.38. The van der Waals surface area contributed by atoms with Crippen molar-refractivity contribution in [3.8, 4) is 0 Å². The molecule has 3 heterocycles. The maximum Gasteiger partial charge on any atom is 0.425 e. The monoisotopic (exact) mass is 461 g/mol. The van der Waals surface area contributed by atoms with E-state index in [1.807, 2.05) is 18.2 Å². The zero-order valence-electron chi connectivity index (χ0n) is 17.4. The quantitative estimate of drug-likeness (QED) is 0.680. The predicted octanol–water partition coefficient (Wildman–Crippen LogP) is 3.91. The van der Waals surface area contributed by atoms with Crippen molar-refractivity contribution in [1.29, 1.82) is 0 Å². The Morgan fingerprint density at radius 1 is 1.19 bits per heavy atom. The van der Waals surface area contributed by atoms with Crippen LogP contribution in [0.4, 0.5) is 23.7 Å². The van der Waals surface area contributed by atoms with E-state index >= 15 is 0 Å². The van der Waals surface area contributed by atoms with Crippen molar-refractivity contribution in [3.63, 3.8) is 0 Å². The summed E-state index contributed by atoms with van der Waals surface area (Å²) in [5.74, 6) is 0. The van der Waals surface area contributed by atoms with E-state index in [-0.39, 0.29) is 12.2 Å². The van der Waals surface area contributed by atoms with E-state index in [0.29, 0.717) is 37.7 Å². The van der Waals surface area contributed by atoms with Crippen LogP contribution in [0.25, 0.3) is 0 Å². The van der Waals surface area contributed by atoms with Crippen LogP contribution in [0.3, 0.4) is 0 Å². The fourth-order valence-electron chi connectivity index (χ4n) is 4.40. The number of halogens is 4. The summed E-state index contributed by atoms with van der Waals surface area (Å²) in [5, 5.41) is 0.684. The highest BCUT2D eigenvalue weighted by Crippen LogP contribution is 2.33. The lowest BCUT2D eigenvalue weighted by Gasteiger charge is -2.37. The van der Waals surface area contributed by atoms with Crippen molar-refractivity contribution in [1.82, 2.24) is 9.80 Å². The van der Waals surface area contributed by atoms with Crippen LogP contribution in [0, 0.1) is 0 Å². The van der Waals surface area contributed by atoms with Gasteiger partial charge in [0.15, 0.2) is 6.10 Å². The van der Waals surface area contributed by atoms with E-state index in [2.05, 4.69) is 14.5 Å². The summed E-state index contributed by atoms with van der Waals surface area (Å²) in [5.41, 5.74) is 2.25. The molecule has 0 aliphatic carbocycles. The fourth-order valence-corrected chi connectivity index (χ4v) is 4.56. The number of carbonyl (C=O) groups excluding carboxylic acids is 1. The molecule has 3 aliphatic heterocycles. The van der Waals surface area contributed by atoms with Crippen molar-refractivity contribution in [3.05, 3.63) is 28.8 Å². The average Bonchev–Trinajstić information content (AvgIpc) is 3.06. The number of alkyl halides is 3. The van der Waals surface area contributed by atoms with Gasteiger partial charge in [0, 0.05) is 56.5 Å². The van der Waals surface area contributed by atoms with Gasteiger partial charge in [-0.15, -0.1) is 0 Å². The molecule has 172 valence electrons. The van der Waals surface area contributed by atoms with Crippen LogP contribution in [0.1, 0.15) is 25.3 Å². The SMILES string of the molecule is CC(OC(=O)N1CCN(Cc2ccc(Cl)cc2N2CC3CCC(C2)O3)CC1)C(F)(F)F. The molecular weight excluding hydrogens is 435 g/mol. The molecule has 2 bridgehead atoms. The van der Waals surface area contributed by atoms with Crippen molar-refractivity contribution < 1.29 is 27.4 Å². The second-order valence-electron chi connectivity index (χ2n) is 8.47. The second-order valence-corrected chi connectivity index (χ2v) is 8.90. The summed E-state index contributed by atoms with van der Waals surface area (Å²) in [6.45, 7) is 5.00. The molecule has 0 saturated carbocycles. The van der Waals surface area contributed by atoms with E-state index in [0.717, 1.165) is 44.1 Å². The van der Waals surface area contributed by atoms with Gasteiger partial charge in [-0.25, -0.2) is 4.79 Å². The Hall–Kier alpha value is -1.71. The minimum Gasteiger partial charge on any atom is -0.437 e. The largest absolute Gasteiger partial charge is 0.437 e. The minimum absolute atomic E-state index is 0.263. The number of nitrogens with zero attached hydrogens (tertiary/aromatic N) is 3. The van der Waals surface area contributed by atoms with Crippen molar-refractivity contribution in [2.75, 3.05) is 44.2 Å². The lowest BCUT2D eigenvalue weighted by Crippen LogP contribution is -2.50. The molecule has 3 aliphatic rings. The summed E-state index contributed by atoms with van der Waals surface area (Å²) in [6.07, 6.45) is -4.89. The molecule has 3 atom stereocenters. The molecule has 0 N–H and O–H groups in total. The van der Waals surface area contributed by atoms with Crippen molar-refractivity contribution >= 4 is 23.4 Å². The molecule has 3 unspecified atom stereocenters. The summed E-state index contributed by atoms with van der Waals surface area (Å²) in [6, 6.07) is 5.90. The smallest absolute Gasteiger partial charge is 0.425 e. The lowest BCUT2D eigenvalue weighted by molar-refractivity contribution is -0.200. The normalized spacial score (nSPS) is 25.6. The molecule has 3 saturated heterocycles. The Kier molecular flexibility index (Phi) is 6.55. The van der Waals surface area contributed by atoms with E-state index in [1.165, 1.54) is 4.90 Å². The molecule has 1 aromatic rings. The zero-order valence-corrected chi connectivity index (χ0v) is 18.2. The highest BCUT2D eigenvalue weighted by atomic mass is 35.5. The van der Waals surface area contributed by atoms with E-state index < -0.39 is 18.4 Å². The number of fused-ring (bicyclic) bond motifs is 2. The first-order valence-corrected chi connectivity index (χ1v) is 11.0. The molecule has 4 rings (SSSR count). The van der Waals surface area contributed by atoms with Crippen LogP contribution in [-0.2, 0) is 16.0 Å². The highest BCUT2D eigenvalue weighted by molar-refractivity contribution is 6.30. The molecule has 0 aromatic heterocycles. The number of carbonyl (C=O) groups is 1. The third-order valence-electron chi connectivity index (χ3n) is 6.19. The molecular formula is C21H27ClF3N3O3. The third-order valence-corrected chi connectivity index (χ3v) is 6.43. The molecule has 1 amide bonds. The number of hydrogen-bond acceptors (Lipinski definition) is 5. The predicted molar refractivity (Wildman–Crippen MR) is 110 cm³/mol. The van der Waals surface area contributed by atoms with Gasteiger partial charge < -0.3 is 19.3 Å². The van der Waals surface area contributed by atoms with Crippen LogP contribution in [0.5, 0.6) is 0 Å². The number of benzene rings is 1. The first-order chi connectivity index (χ1) is 14.7. The van der Waals surface area contributed by atoms with Crippen LogP contribution in [-0.4, -0.2) is 79.6 Å². The molecule has 3 fully saturated rings. The maximum absolute atomic E-state index is 12.6. The van der Waals surface area contributed by atoms with E-state index in [1.54, 1.807) is 0 Å². The second kappa shape index (κ2) is 9.03. The van der Waals surface area contributed by atoms with Crippen molar-refractivity contribution in [2.45, 2.75) is 50.8 Å². The number of anilines is 1. The number of amides is 1. The molecule has 31 heavy (non-hydrogen) atoms. The maximum atomic E-state index is 12.6. The van der Waals surface area contributed by atoms with Crippen LogP contribution < -0.4 is 4.90 Å². The Morgan fingerprint density at radius 2 is 1.84 bits per heavy atom. The molecule has 0 spiro atoms. The van der Waals surface area contributed by atoms with E-state index in [9.17, 15) is 18.0 Å². The van der Waals surface area contributed by atoms with Crippen LogP contribution in [0.15, 0.2) is 18.2 Å². The Bertz CT molecular complexity index is 790. The first kappa shape index (κ1) is 22.5. The van der Waals surface area contributed by atoms with Crippen LogP contribution in [0.2, 0.25) is 5.02 Å². The summed E-state index contributed by atoms with van der Waals surface area (Å²) < 4.78 is 48.4. The highest BCUT2D eigenvalue weighted by Gasteiger charge is 2.40. The summed E-state index contributed by atoms with van der Waals surface area (Å²) in [7, 11) is 0. The van der Waals surface area contributed by atoms with Gasteiger partial charge in [0.05, 0.1) is 12.2 Å². The van der Waals surface area contributed by atoms with Gasteiger partial charge in [-0.1, -0.05) is 17.7 Å². The minimum atomic E-state index is -4.55. The zero-order chi connectivity index (χ0) is 22.2. The molecule has 0 radical (unpaired) electrons. The number of ether oxygens (including phenoxy) is 2. The Balaban J connectivity index is 1.35. The topological polar surface area (TPSA) is 45.2 Å². The van der Waals surface area contributed by atoms with Gasteiger partial charge in [0.1, 0.15) is 0 Å². The molecule has 6 nitrogen and oxygen atoms in total. The van der Waals surface area contributed by atoms with Gasteiger partial charge in [0.25, 0.3) is 0 Å². The van der Waals surface area contributed by atoms with Gasteiger partial charge >= 0.3 is 12.3 Å². The Labute approximate surface area is 184 Å². The standard InChI is InChI=1S/C21H27ClF3N3O3/c1-14(21(23,24)25)30-20(29)27-8-6-26(7-9-27)11-15-2-3-16(22)10-19(15)28-12-17-4-5-18(13-28)31-17/h2-3,10,14,17-18H,4-9,11-13H2,1H3. The number of rotatable bonds is 4. The summed E-state index contributed by atoms with van der Waals surface area (Å²) >= 11 is 6.29. The number of hydrogen-bond donors (Lipinski definition) is 0. The molecule has 10 heteroatoms. The van der Waals surface area contributed by atoms with Gasteiger partial charge in [-0.2, -0.15) is 13.2 Å². The average molecular weight is 462 g/mol. The van der Waals surface area contributed by atoms with Gasteiger partial charge in [-0.3, -0.25) is 4.90 Å². The van der Waals surface area contributed by atoms with Gasteiger partial charge in [-0.05, 0) is 37.5 Å².